The number of halogens is 1. The zero-order valence-corrected chi connectivity index (χ0v) is 14.0. The second-order valence-electron chi connectivity index (χ2n) is 4.93. The SMILES string of the molecule is CSc1ccc(-c2cc(C(N)=O)sc2-c2ccccc2F)cc1. The van der Waals surface area contributed by atoms with Crippen molar-refractivity contribution in [2.24, 2.45) is 5.73 Å². The number of hydrogen-bond donors (Lipinski definition) is 1. The van der Waals surface area contributed by atoms with Crippen LogP contribution in [0.4, 0.5) is 4.39 Å². The van der Waals surface area contributed by atoms with Crippen molar-refractivity contribution in [3.63, 3.8) is 0 Å². The Labute approximate surface area is 142 Å². The highest BCUT2D eigenvalue weighted by molar-refractivity contribution is 7.98. The van der Waals surface area contributed by atoms with Crippen molar-refractivity contribution in [2.45, 2.75) is 4.90 Å². The Balaban J connectivity index is 2.18. The molecule has 0 aliphatic carbocycles. The molecule has 0 bridgehead atoms. The summed E-state index contributed by atoms with van der Waals surface area (Å²) in [7, 11) is 0. The molecule has 0 fully saturated rings. The number of nitrogens with two attached hydrogens (primary N) is 1. The maximum atomic E-state index is 14.2. The summed E-state index contributed by atoms with van der Waals surface area (Å²) in [4.78, 5) is 13.8. The second kappa shape index (κ2) is 6.56. The monoisotopic (exact) mass is 343 g/mol. The van der Waals surface area contributed by atoms with Gasteiger partial charge in [0.2, 0.25) is 0 Å². The first-order valence-electron chi connectivity index (χ1n) is 6.93. The molecule has 0 aliphatic heterocycles. The molecule has 3 rings (SSSR count). The molecule has 2 aromatic carbocycles. The van der Waals surface area contributed by atoms with E-state index in [4.69, 9.17) is 5.73 Å². The molecule has 0 unspecified atom stereocenters. The quantitative estimate of drug-likeness (QED) is 0.674. The molecule has 1 heterocycles. The number of benzene rings is 2. The highest BCUT2D eigenvalue weighted by Crippen LogP contribution is 2.40. The van der Waals surface area contributed by atoms with Crippen molar-refractivity contribution in [1.29, 1.82) is 0 Å². The van der Waals surface area contributed by atoms with Crippen LogP contribution in [0.3, 0.4) is 0 Å². The van der Waals surface area contributed by atoms with E-state index >= 15 is 0 Å². The number of carbonyl (C=O) groups excluding carboxylic acids is 1. The zero-order chi connectivity index (χ0) is 16.4. The molecule has 0 aliphatic rings. The van der Waals surface area contributed by atoms with Crippen LogP contribution in [0.15, 0.2) is 59.5 Å². The van der Waals surface area contributed by atoms with Gasteiger partial charge in [0.1, 0.15) is 5.82 Å². The summed E-state index contributed by atoms with van der Waals surface area (Å²) >= 11 is 2.87. The van der Waals surface area contributed by atoms with Crippen LogP contribution >= 0.6 is 23.1 Å². The van der Waals surface area contributed by atoms with Crippen LogP contribution in [0.5, 0.6) is 0 Å². The first kappa shape index (κ1) is 15.8. The van der Waals surface area contributed by atoms with E-state index < -0.39 is 5.91 Å². The smallest absolute Gasteiger partial charge is 0.258 e. The third-order valence-corrected chi connectivity index (χ3v) is 5.42. The molecule has 2 nitrogen and oxygen atoms in total. The minimum absolute atomic E-state index is 0.313. The number of rotatable bonds is 4. The summed E-state index contributed by atoms with van der Waals surface area (Å²) in [6, 6.07) is 16.3. The van der Waals surface area contributed by atoms with Gasteiger partial charge >= 0.3 is 0 Å². The molecule has 3 aromatic rings. The fourth-order valence-corrected chi connectivity index (χ4v) is 3.81. The first-order valence-corrected chi connectivity index (χ1v) is 8.97. The van der Waals surface area contributed by atoms with Gasteiger partial charge in [-0.25, -0.2) is 4.39 Å². The van der Waals surface area contributed by atoms with Crippen molar-refractivity contribution in [1.82, 2.24) is 0 Å². The Morgan fingerprint density at radius 1 is 1.09 bits per heavy atom. The Bertz CT molecular complexity index is 856. The van der Waals surface area contributed by atoms with Crippen LogP contribution < -0.4 is 5.73 Å². The van der Waals surface area contributed by atoms with Gasteiger partial charge < -0.3 is 5.73 Å². The Kier molecular flexibility index (Phi) is 4.50. The molecule has 5 heteroatoms. The number of thiophene rings is 1. The van der Waals surface area contributed by atoms with Crippen molar-refractivity contribution in [2.75, 3.05) is 6.26 Å². The van der Waals surface area contributed by atoms with Gasteiger partial charge in [-0.05, 0) is 36.1 Å². The van der Waals surface area contributed by atoms with Crippen LogP contribution in [0.2, 0.25) is 0 Å². The van der Waals surface area contributed by atoms with Crippen molar-refractivity contribution >= 4 is 29.0 Å². The van der Waals surface area contributed by atoms with E-state index in [1.165, 1.54) is 17.4 Å². The molecule has 1 amide bonds. The van der Waals surface area contributed by atoms with Crippen LogP contribution in [0, 0.1) is 5.82 Å². The second-order valence-corrected chi connectivity index (χ2v) is 6.86. The lowest BCUT2D eigenvalue weighted by Crippen LogP contribution is -2.08. The lowest BCUT2D eigenvalue weighted by Gasteiger charge is -2.06. The van der Waals surface area contributed by atoms with Gasteiger partial charge in [0, 0.05) is 20.9 Å². The maximum Gasteiger partial charge on any atom is 0.258 e. The van der Waals surface area contributed by atoms with Gasteiger partial charge in [0.05, 0.1) is 4.88 Å². The minimum Gasteiger partial charge on any atom is -0.365 e. The van der Waals surface area contributed by atoms with Crippen LogP contribution in [0.1, 0.15) is 9.67 Å². The average Bonchev–Trinajstić information content (AvgIpc) is 3.01. The topological polar surface area (TPSA) is 43.1 Å². The summed E-state index contributed by atoms with van der Waals surface area (Å²) < 4.78 is 14.2. The summed E-state index contributed by atoms with van der Waals surface area (Å²) in [5, 5.41) is 0. The van der Waals surface area contributed by atoms with Gasteiger partial charge in [-0.15, -0.1) is 23.1 Å². The van der Waals surface area contributed by atoms with E-state index in [-0.39, 0.29) is 5.82 Å². The van der Waals surface area contributed by atoms with Gasteiger partial charge in [0.15, 0.2) is 0 Å². The fraction of sp³-hybridized carbons (Fsp3) is 0.0556. The molecular formula is C18H14FNOS2. The summed E-state index contributed by atoms with van der Waals surface area (Å²) in [6.45, 7) is 0. The van der Waals surface area contributed by atoms with Crippen molar-refractivity contribution in [3.05, 3.63) is 65.3 Å². The fourth-order valence-electron chi connectivity index (χ4n) is 2.34. The first-order chi connectivity index (χ1) is 11.1. The molecule has 0 radical (unpaired) electrons. The van der Waals surface area contributed by atoms with Gasteiger partial charge in [-0.3, -0.25) is 4.79 Å². The van der Waals surface area contributed by atoms with Crippen molar-refractivity contribution in [3.8, 4) is 21.6 Å². The van der Waals surface area contributed by atoms with Crippen LogP contribution in [-0.2, 0) is 0 Å². The Morgan fingerprint density at radius 3 is 2.39 bits per heavy atom. The number of carbonyl (C=O) groups is 1. The summed E-state index contributed by atoms with van der Waals surface area (Å²) in [5.41, 5.74) is 7.65. The molecular weight excluding hydrogens is 329 g/mol. The standard InChI is InChI=1S/C18H14FNOS2/c1-22-12-8-6-11(7-9-12)14-10-16(18(20)21)23-17(14)13-4-2-3-5-15(13)19/h2-10H,1H3,(H2,20,21). The molecule has 1 aromatic heterocycles. The molecule has 0 spiro atoms. The molecule has 23 heavy (non-hydrogen) atoms. The highest BCUT2D eigenvalue weighted by Gasteiger charge is 2.17. The maximum absolute atomic E-state index is 14.2. The lowest BCUT2D eigenvalue weighted by atomic mass is 10.0. The van der Waals surface area contributed by atoms with E-state index in [1.54, 1.807) is 36.0 Å². The molecule has 2 N–H and O–H groups in total. The van der Waals surface area contributed by atoms with E-state index in [0.717, 1.165) is 16.0 Å². The minimum atomic E-state index is -0.500. The number of primary amides is 1. The predicted octanol–water partition coefficient (Wildman–Crippen LogP) is 5.04. The van der Waals surface area contributed by atoms with Crippen molar-refractivity contribution < 1.29 is 9.18 Å². The number of amides is 1. The van der Waals surface area contributed by atoms with Crippen LogP contribution in [-0.4, -0.2) is 12.2 Å². The summed E-state index contributed by atoms with van der Waals surface area (Å²) in [5.74, 6) is -0.813. The van der Waals surface area contributed by atoms with E-state index in [2.05, 4.69) is 0 Å². The van der Waals surface area contributed by atoms with Gasteiger partial charge in [-0.1, -0.05) is 30.3 Å². The number of hydrogen-bond acceptors (Lipinski definition) is 3. The Hall–Kier alpha value is -2.11. The van der Waals surface area contributed by atoms with E-state index in [0.29, 0.717) is 15.3 Å². The van der Waals surface area contributed by atoms with Gasteiger partial charge in [-0.2, -0.15) is 0 Å². The third kappa shape index (κ3) is 3.16. The van der Waals surface area contributed by atoms with Gasteiger partial charge in [0.25, 0.3) is 5.91 Å². The lowest BCUT2D eigenvalue weighted by molar-refractivity contribution is 0.100. The van der Waals surface area contributed by atoms with Crippen LogP contribution in [0.25, 0.3) is 21.6 Å². The number of thioether (sulfide) groups is 1. The Morgan fingerprint density at radius 2 is 1.78 bits per heavy atom. The average molecular weight is 343 g/mol. The normalized spacial score (nSPS) is 10.7. The zero-order valence-electron chi connectivity index (χ0n) is 12.4. The predicted molar refractivity (Wildman–Crippen MR) is 95.4 cm³/mol. The molecule has 116 valence electrons. The molecule has 0 saturated heterocycles. The molecule has 0 atom stereocenters. The van der Waals surface area contributed by atoms with E-state index in [1.807, 2.05) is 30.5 Å². The largest absolute Gasteiger partial charge is 0.365 e. The summed E-state index contributed by atoms with van der Waals surface area (Å²) in [6.07, 6.45) is 2.01. The highest BCUT2D eigenvalue weighted by atomic mass is 32.2. The van der Waals surface area contributed by atoms with E-state index in [9.17, 15) is 9.18 Å². The third-order valence-electron chi connectivity index (χ3n) is 3.49. The molecule has 0 saturated carbocycles.